The van der Waals surface area contributed by atoms with Crippen molar-refractivity contribution in [2.75, 3.05) is 0 Å². The third kappa shape index (κ3) is 1.73. The molecule has 0 aromatic carbocycles. The molecule has 1 saturated carbocycles. The van der Waals surface area contributed by atoms with Crippen LogP contribution in [0.25, 0.3) is 0 Å². The molecule has 1 aliphatic carbocycles. The zero-order valence-corrected chi connectivity index (χ0v) is 6.71. The molecule has 0 bridgehead atoms. The summed E-state index contributed by atoms with van der Waals surface area (Å²) in [5.74, 6) is -0.0647. The minimum atomic E-state index is -0.261. The molecule has 3 heteroatoms. The lowest BCUT2D eigenvalue weighted by molar-refractivity contribution is -0.115. The van der Waals surface area contributed by atoms with Gasteiger partial charge in [0.15, 0.2) is 0 Å². The lowest BCUT2D eigenvalue weighted by atomic mass is 10.2. The average molecular weight is 162 g/mol. The van der Waals surface area contributed by atoms with Crippen molar-refractivity contribution in [1.82, 2.24) is 5.32 Å². The summed E-state index contributed by atoms with van der Waals surface area (Å²) in [6, 6.07) is 2.12. The maximum Gasteiger partial charge on any atom is 0.247 e. The number of nitrogens with one attached hydrogen (secondary N) is 1. The van der Waals surface area contributed by atoms with Crippen molar-refractivity contribution in [2.24, 2.45) is 11.8 Å². The monoisotopic (exact) mass is 162 g/mol. The molecule has 0 heterocycles. The number of allylic oxidation sites excluding steroid dienone is 1. The van der Waals surface area contributed by atoms with Crippen LogP contribution in [0.2, 0.25) is 0 Å². The highest BCUT2D eigenvalue weighted by Gasteiger charge is 2.39. The van der Waals surface area contributed by atoms with Gasteiger partial charge in [-0.3, -0.25) is 4.79 Å². The molecule has 1 aliphatic rings. The highest BCUT2D eigenvalue weighted by molar-refractivity contribution is 5.88. The van der Waals surface area contributed by atoms with Gasteiger partial charge in [-0.25, -0.2) is 0 Å². The van der Waals surface area contributed by atoms with E-state index in [0.717, 1.165) is 6.42 Å². The van der Waals surface area contributed by atoms with Gasteiger partial charge in [0.25, 0.3) is 0 Å². The summed E-state index contributed by atoms with van der Waals surface area (Å²) in [5.41, 5.74) is 0.631. The Morgan fingerprint density at radius 1 is 1.75 bits per heavy atom. The fourth-order valence-electron chi connectivity index (χ4n) is 1.02. The number of hydrogen-bond donors (Lipinski definition) is 1. The van der Waals surface area contributed by atoms with Gasteiger partial charge < -0.3 is 5.32 Å². The molecule has 2 atom stereocenters. The van der Waals surface area contributed by atoms with E-state index >= 15 is 0 Å². The van der Waals surface area contributed by atoms with Crippen LogP contribution in [0.15, 0.2) is 24.9 Å². The predicted octanol–water partition coefficient (Wildman–Crippen LogP) is 0.962. The van der Waals surface area contributed by atoms with Crippen LogP contribution in [-0.4, -0.2) is 5.91 Å². The van der Waals surface area contributed by atoms with Crippen LogP contribution in [0.4, 0.5) is 0 Å². The van der Waals surface area contributed by atoms with Crippen LogP contribution in [0.1, 0.15) is 6.42 Å². The Morgan fingerprint density at radius 3 is 2.83 bits per heavy atom. The first-order valence-electron chi connectivity index (χ1n) is 3.71. The molecule has 2 unspecified atom stereocenters. The summed E-state index contributed by atoms with van der Waals surface area (Å²) < 4.78 is 0. The van der Waals surface area contributed by atoms with E-state index in [-0.39, 0.29) is 17.7 Å². The number of amides is 1. The van der Waals surface area contributed by atoms with E-state index in [2.05, 4.69) is 24.5 Å². The Bertz CT molecular complexity index is 275. The van der Waals surface area contributed by atoms with Crippen LogP contribution in [0.5, 0.6) is 0 Å². The second-order valence-corrected chi connectivity index (χ2v) is 2.80. The molecule has 0 radical (unpaired) electrons. The van der Waals surface area contributed by atoms with Crippen LogP contribution in [0, 0.1) is 23.2 Å². The van der Waals surface area contributed by atoms with Gasteiger partial charge in [0.2, 0.25) is 5.91 Å². The van der Waals surface area contributed by atoms with E-state index in [1.54, 1.807) is 0 Å². The second kappa shape index (κ2) is 3.22. The van der Waals surface area contributed by atoms with E-state index < -0.39 is 0 Å². The van der Waals surface area contributed by atoms with Gasteiger partial charge in [-0.15, -0.1) is 0 Å². The standard InChI is InChI=1S/C9H10N2O/c1-3-9(12)11-6(2)8-4-7(8)5-10/h3,7-8H,1-2,4H2,(H,11,12). The number of nitrogens with zero attached hydrogens (tertiary/aromatic N) is 1. The van der Waals surface area contributed by atoms with Gasteiger partial charge in [0.05, 0.1) is 12.0 Å². The Kier molecular flexibility index (Phi) is 2.29. The molecule has 1 amide bonds. The molecule has 0 aromatic rings. The first kappa shape index (κ1) is 8.54. The van der Waals surface area contributed by atoms with E-state index in [4.69, 9.17) is 5.26 Å². The molecular weight excluding hydrogens is 152 g/mol. The quantitative estimate of drug-likeness (QED) is 0.628. The number of nitriles is 1. The number of carbonyl (C=O) groups is 1. The maximum atomic E-state index is 10.8. The van der Waals surface area contributed by atoms with E-state index in [1.807, 2.05) is 0 Å². The Hall–Kier alpha value is -1.56. The van der Waals surface area contributed by atoms with Crippen molar-refractivity contribution in [3.63, 3.8) is 0 Å². The Balaban J connectivity index is 2.37. The largest absolute Gasteiger partial charge is 0.327 e. The average Bonchev–Trinajstić information content (AvgIpc) is 2.82. The number of rotatable bonds is 3. The minimum Gasteiger partial charge on any atom is -0.327 e. The van der Waals surface area contributed by atoms with Crippen molar-refractivity contribution >= 4 is 5.91 Å². The molecule has 3 nitrogen and oxygen atoms in total. The molecule has 0 aromatic heterocycles. The SMILES string of the molecule is C=CC(=O)NC(=C)C1CC1C#N. The molecule has 1 N–H and O–H groups in total. The molecule has 0 aliphatic heterocycles. The first-order chi connectivity index (χ1) is 5.69. The topological polar surface area (TPSA) is 52.9 Å². The van der Waals surface area contributed by atoms with Crippen LogP contribution < -0.4 is 5.32 Å². The fourth-order valence-corrected chi connectivity index (χ4v) is 1.02. The van der Waals surface area contributed by atoms with Crippen molar-refractivity contribution in [3.8, 4) is 6.07 Å². The maximum absolute atomic E-state index is 10.8. The molecule has 62 valence electrons. The summed E-state index contributed by atoms with van der Waals surface area (Å²) in [4.78, 5) is 10.8. The van der Waals surface area contributed by atoms with Gasteiger partial charge in [-0.2, -0.15) is 5.26 Å². The van der Waals surface area contributed by atoms with E-state index in [1.165, 1.54) is 6.08 Å². The molecular formula is C9H10N2O. The van der Waals surface area contributed by atoms with Crippen molar-refractivity contribution in [3.05, 3.63) is 24.9 Å². The third-order valence-electron chi connectivity index (χ3n) is 1.87. The van der Waals surface area contributed by atoms with Crippen molar-refractivity contribution in [1.29, 1.82) is 5.26 Å². The summed E-state index contributed by atoms with van der Waals surface area (Å²) >= 11 is 0. The van der Waals surface area contributed by atoms with E-state index in [9.17, 15) is 4.79 Å². The lowest BCUT2D eigenvalue weighted by Gasteiger charge is -2.02. The predicted molar refractivity (Wildman–Crippen MR) is 44.7 cm³/mol. The van der Waals surface area contributed by atoms with Gasteiger partial charge in [0, 0.05) is 11.6 Å². The molecule has 1 rings (SSSR count). The highest BCUT2D eigenvalue weighted by Crippen LogP contribution is 2.41. The van der Waals surface area contributed by atoms with Crippen molar-refractivity contribution in [2.45, 2.75) is 6.42 Å². The van der Waals surface area contributed by atoms with Gasteiger partial charge in [-0.05, 0) is 12.5 Å². The summed E-state index contributed by atoms with van der Waals surface area (Å²) in [5, 5.41) is 11.0. The van der Waals surface area contributed by atoms with Crippen LogP contribution in [0.3, 0.4) is 0 Å². The Morgan fingerprint density at radius 2 is 2.42 bits per heavy atom. The van der Waals surface area contributed by atoms with Crippen molar-refractivity contribution < 1.29 is 4.79 Å². The minimum absolute atomic E-state index is 0.0441. The van der Waals surface area contributed by atoms with Crippen LogP contribution in [-0.2, 0) is 4.79 Å². The van der Waals surface area contributed by atoms with Gasteiger partial charge in [0.1, 0.15) is 0 Å². The van der Waals surface area contributed by atoms with Gasteiger partial charge >= 0.3 is 0 Å². The normalized spacial score (nSPS) is 25.2. The number of hydrogen-bond acceptors (Lipinski definition) is 2. The first-order valence-corrected chi connectivity index (χ1v) is 3.71. The Labute approximate surface area is 71.4 Å². The van der Waals surface area contributed by atoms with Crippen LogP contribution >= 0.6 is 0 Å². The van der Waals surface area contributed by atoms with E-state index in [0.29, 0.717) is 5.70 Å². The zero-order chi connectivity index (χ0) is 9.14. The summed E-state index contributed by atoms with van der Waals surface area (Å²) in [6.07, 6.45) is 2.00. The molecule has 12 heavy (non-hydrogen) atoms. The van der Waals surface area contributed by atoms with Gasteiger partial charge in [-0.1, -0.05) is 13.2 Å². The lowest BCUT2D eigenvalue weighted by Crippen LogP contribution is -2.20. The number of carbonyl (C=O) groups excluding carboxylic acids is 1. The summed E-state index contributed by atoms with van der Waals surface area (Å²) in [7, 11) is 0. The molecule has 0 saturated heterocycles. The smallest absolute Gasteiger partial charge is 0.247 e. The zero-order valence-electron chi connectivity index (χ0n) is 6.71. The highest BCUT2D eigenvalue weighted by atomic mass is 16.1. The second-order valence-electron chi connectivity index (χ2n) is 2.80. The molecule has 1 fully saturated rings. The fraction of sp³-hybridized carbons (Fsp3) is 0.333. The summed E-state index contributed by atoms with van der Waals surface area (Å²) in [6.45, 7) is 6.99. The third-order valence-corrected chi connectivity index (χ3v) is 1.87. The molecule has 0 spiro atoms.